The van der Waals surface area contributed by atoms with Crippen LogP contribution in [0.1, 0.15) is 52.6 Å². The van der Waals surface area contributed by atoms with Crippen molar-refractivity contribution in [3.05, 3.63) is 106 Å². The Morgan fingerprint density at radius 2 is 1.50 bits per heavy atom. The number of carbonyl (C=O) groups is 4. The highest BCUT2D eigenvalue weighted by atomic mass is 32.1. The van der Waals surface area contributed by atoms with Gasteiger partial charge in [0.25, 0.3) is 23.6 Å². The van der Waals surface area contributed by atoms with Crippen molar-refractivity contribution in [2.45, 2.75) is 13.8 Å². The Balaban J connectivity index is 1.32. The Kier molecular flexibility index (Phi) is 5.91. The lowest BCUT2D eigenvalue weighted by Crippen LogP contribution is -2.30. The van der Waals surface area contributed by atoms with Crippen LogP contribution >= 0.6 is 11.3 Å². The molecule has 1 aliphatic heterocycles. The van der Waals surface area contributed by atoms with Gasteiger partial charge in [0.05, 0.1) is 16.8 Å². The van der Waals surface area contributed by atoms with Gasteiger partial charge in [0.1, 0.15) is 0 Å². The van der Waals surface area contributed by atoms with E-state index < -0.39 is 17.7 Å². The number of nitrogens with zero attached hydrogens (tertiary/aromatic N) is 2. The second-order valence-corrected chi connectivity index (χ2v) is 9.21. The van der Waals surface area contributed by atoms with Crippen molar-refractivity contribution >= 4 is 51.5 Å². The number of nitrogens with one attached hydrogen (secondary N) is 2. The zero-order valence-electron chi connectivity index (χ0n) is 19.4. The van der Waals surface area contributed by atoms with Gasteiger partial charge in [0.15, 0.2) is 5.13 Å². The minimum Gasteiger partial charge on any atom is -0.322 e. The molecule has 4 amide bonds. The summed E-state index contributed by atoms with van der Waals surface area (Å²) in [6.07, 6.45) is 1.60. The number of hydrogen-bond donors (Lipinski definition) is 2. The van der Waals surface area contributed by atoms with Crippen molar-refractivity contribution in [1.82, 2.24) is 4.98 Å². The highest BCUT2D eigenvalue weighted by Gasteiger charge is 2.37. The van der Waals surface area contributed by atoms with Gasteiger partial charge in [0.2, 0.25) is 0 Å². The summed E-state index contributed by atoms with van der Waals surface area (Å²) < 4.78 is 0. The number of imide groups is 1. The molecule has 5 rings (SSSR count). The average Bonchev–Trinajstić information content (AvgIpc) is 3.47. The zero-order chi connectivity index (χ0) is 25.4. The molecule has 1 aromatic heterocycles. The van der Waals surface area contributed by atoms with Crippen LogP contribution < -0.4 is 15.5 Å². The molecular formula is C27H20N4O4S. The lowest BCUT2D eigenvalue weighted by Gasteiger charge is -2.17. The second kappa shape index (κ2) is 9.20. The molecule has 0 aliphatic carbocycles. The number of aromatic nitrogens is 1. The number of hydrogen-bond acceptors (Lipinski definition) is 6. The van der Waals surface area contributed by atoms with Gasteiger partial charge in [-0.1, -0.05) is 12.1 Å². The summed E-state index contributed by atoms with van der Waals surface area (Å²) in [5.74, 6) is -1.63. The van der Waals surface area contributed by atoms with Crippen molar-refractivity contribution in [2.24, 2.45) is 0 Å². The van der Waals surface area contributed by atoms with Crippen LogP contribution in [0.5, 0.6) is 0 Å². The second-order valence-electron chi connectivity index (χ2n) is 8.32. The minimum atomic E-state index is -0.464. The van der Waals surface area contributed by atoms with Crippen molar-refractivity contribution in [2.75, 3.05) is 15.5 Å². The first-order valence-electron chi connectivity index (χ1n) is 11.0. The highest BCUT2D eigenvalue weighted by molar-refractivity contribution is 7.13. The van der Waals surface area contributed by atoms with E-state index in [2.05, 4.69) is 15.6 Å². The molecule has 3 aromatic carbocycles. The molecule has 2 heterocycles. The van der Waals surface area contributed by atoms with E-state index in [-0.39, 0.29) is 22.6 Å². The number of aryl methyl sites for hydroxylation is 2. The third-order valence-corrected chi connectivity index (χ3v) is 6.50. The van der Waals surface area contributed by atoms with E-state index in [1.807, 2.05) is 26.0 Å². The summed E-state index contributed by atoms with van der Waals surface area (Å²) in [6, 6.07) is 16.4. The van der Waals surface area contributed by atoms with Gasteiger partial charge in [-0.25, -0.2) is 9.88 Å². The maximum absolute atomic E-state index is 13.2. The molecule has 1 aliphatic rings. The number of anilines is 3. The lowest BCUT2D eigenvalue weighted by atomic mass is 10.1. The van der Waals surface area contributed by atoms with Crippen LogP contribution in [0.15, 0.2) is 72.2 Å². The molecule has 0 unspecified atom stereocenters. The molecule has 0 atom stereocenters. The Hall–Kier alpha value is -4.63. The summed E-state index contributed by atoms with van der Waals surface area (Å²) >= 11 is 1.32. The lowest BCUT2D eigenvalue weighted by molar-refractivity contribution is 0.0924. The number of rotatable bonds is 5. The van der Waals surface area contributed by atoms with Crippen molar-refractivity contribution in [1.29, 1.82) is 0 Å². The number of carbonyl (C=O) groups excluding carboxylic acids is 4. The molecule has 178 valence electrons. The molecular weight excluding hydrogens is 476 g/mol. The van der Waals surface area contributed by atoms with Crippen LogP contribution in [0.3, 0.4) is 0 Å². The van der Waals surface area contributed by atoms with Gasteiger partial charge < -0.3 is 5.32 Å². The van der Waals surface area contributed by atoms with Crippen LogP contribution in [0, 0.1) is 13.8 Å². The molecule has 2 N–H and O–H groups in total. The molecule has 0 radical (unpaired) electrons. The summed E-state index contributed by atoms with van der Waals surface area (Å²) in [5, 5.41) is 7.71. The maximum atomic E-state index is 13.2. The Morgan fingerprint density at radius 3 is 2.22 bits per heavy atom. The molecule has 9 heteroatoms. The van der Waals surface area contributed by atoms with Crippen LogP contribution in [0.25, 0.3) is 0 Å². The Labute approximate surface area is 210 Å². The third-order valence-electron chi connectivity index (χ3n) is 5.81. The smallest absolute Gasteiger partial charge is 0.266 e. The Morgan fingerprint density at radius 1 is 0.806 bits per heavy atom. The standard InChI is InChI=1S/C27H20N4O4S/c1-15-3-4-16(2)22(13-15)31-25(34)20-10-7-18(14-21(20)26(31)35)24(33)29-19-8-5-17(6-9-19)23(32)30-27-28-11-12-36-27/h3-14H,1-2H3,(H,29,33)(H,28,30,32). The topological polar surface area (TPSA) is 108 Å². The maximum Gasteiger partial charge on any atom is 0.266 e. The van der Waals surface area contributed by atoms with E-state index in [0.717, 1.165) is 16.0 Å². The van der Waals surface area contributed by atoms with Gasteiger partial charge in [-0.15, -0.1) is 11.3 Å². The average molecular weight is 497 g/mol. The normalized spacial score (nSPS) is 12.4. The molecule has 0 spiro atoms. The quantitative estimate of drug-likeness (QED) is 0.375. The van der Waals surface area contributed by atoms with Gasteiger partial charge in [-0.3, -0.25) is 24.5 Å². The monoisotopic (exact) mass is 496 g/mol. The summed E-state index contributed by atoms with van der Waals surface area (Å²) in [5.41, 5.74) is 3.84. The largest absolute Gasteiger partial charge is 0.322 e. The van der Waals surface area contributed by atoms with Crippen LogP contribution in [-0.2, 0) is 0 Å². The summed E-state index contributed by atoms with van der Waals surface area (Å²) in [4.78, 5) is 56.5. The van der Waals surface area contributed by atoms with Gasteiger partial charge >= 0.3 is 0 Å². The third kappa shape index (κ3) is 4.27. The summed E-state index contributed by atoms with van der Waals surface area (Å²) in [6.45, 7) is 3.73. The van der Waals surface area contributed by atoms with Crippen LogP contribution in [0.2, 0.25) is 0 Å². The molecule has 36 heavy (non-hydrogen) atoms. The fraction of sp³-hybridized carbons (Fsp3) is 0.0741. The van der Waals surface area contributed by atoms with Crippen molar-refractivity contribution in [3.63, 3.8) is 0 Å². The molecule has 0 saturated carbocycles. The molecule has 0 bridgehead atoms. The number of benzene rings is 3. The van der Waals surface area contributed by atoms with Gasteiger partial charge in [-0.05, 0) is 73.5 Å². The summed E-state index contributed by atoms with van der Waals surface area (Å²) in [7, 11) is 0. The van der Waals surface area contributed by atoms with Crippen LogP contribution in [0.4, 0.5) is 16.5 Å². The van der Waals surface area contributed by atoms with Crippen molar-refractivity contribution < 1.29 is 19.2 Å². The van der Waals surface area contributed by atoms with E-state index in [1.54, 1.807) is 41.9 Å². The van der Waals surface area contributed by atoms with E-state index in [1.165, 1.54) is 29.5 Å². The van der Waals surface area contributed by atoms with E-state index in [9.17, 15) is 19.2 Å². The SMILES string of the molecule is Cc1ccc(C)c(N2C(=O)c3ccc(C(=O)Nc4ccc(C(=O)Nc5nccs5)cc4)cc3C2=O)c1. The first-order chi connectivity index (χ1) is 17.3. The molecule has 8 nitrogen and oxygen atoms in total. The fourth-order valence-corrected chi connectivity index (χ4v) is 4.45. The molecule has 4 aromatic rings. The van der Waals surface area contributed by atoms with E-state index in [4.69, 9.17) is 0 Å². The van der Waals surface area contributed by atoms with Crippen molar-refractivity contribution in [3.8, 4) is 0 Å². The van der Waals surface area contributed by atoms with Crippen LogP contribution in [-0.4, -0.2) is 28.6 Å². The Bertz CT molecular complexity index is 1530. The minimum absolute atomic E-state index is 0.183. The zero-order valence-corrected chi connectivity index (χ0v) is 20.2. The number of fused-ring (bicyclic) bond motifs is 1. The predicted molar refractivity (Wildman–Crippen MR) is 138 cm³/mol. The predicted octanol–water partition coefficient (Wildman–Crippen LogP) is 5.07. The fourth-order valence-electron chi connectivity index (χ4n) is 3.92. The molecule has 0 saturated heterocycles. The highest BCUT2D eigenvalue weighted by Crippen LogP contribution is 2.32. The number of amides is 4. The van der Waals surface area contributed by atoms with E-state index >= 15 is 0 Å². The van der Waals surface area contributed by atoms with E-state index in [0.29, 0.717) is 22.1 Å². The molecule has 0 fully saturated rings. The number of thiazole rings is 1. The van der Waals surface area contributed by atoms with Gasteiger partial charge in [0, 0.05) is 28.4 Å². The van der Waals surface area contributed by atoms with Gasteiger partial charge in [-0.2, -0.15) is 0 Å². The first kappa shape index (κ1) is 23.1. The first-order valence-corrected chi connectivity index (χ1v) is 11.9.